The van der Waals surface area contributed by atoms with E-state index >= 15 is 0 Å². The van der Waals surface area contributed by atoms with Crippen molar-refractivity contribution < 1.29 is 13.2 Å². The molecule has 1 N–H and O–H groups in total. The Morgan fingerprint density at radius 2 is 1.62 bits per heavy atom. The number of nitrogens with zero attached hydrogens (tertiary/aromatic N) is 1. The number of hydrogen-bond acceptors (Lipinski definition) is 2. The number of nitrogens with one attached hydrogen (secondary N) is 1. The summed E-state index contributed by atoms with van der Waals surface area (Å²) >= 11 is 0. The minimum Gasteiger partial charge on any atom is -0.369 e. The summed E-state index contributed by atoms with van der Waals surface area (Å²) in [7, 11) is 0. The molecule has 2 aromatic carbocycles. The number of allylic oxidation sites excluding steroid dienone is 2. The molecule has 0 radical (unpaired) electrons. The molecular weight excluding hydrogens is 373 g/mol. The largest absolute Gasteiger partial charge is 0.416 e. The summed E-state index contributed by atoms with van der Waals surface area (Å²) in [6.07, 6.45) is 2.43. The van der Waals surface area contributed by atoms with Gasteiger partial charge < -0.3 is 5.32 Å². The van der Waals surface area contributed by atoms with Gasteiger partial charge in [-0.15, -0.1) is 0 Å². The zero-order valence-electron chi connectivity index (χ0n) is 16.3. The van der Waals surface area contributed by atoms with Gasteiger partial charge >= 0.3 is 6.18 Å². The van der Waals surface area contributed by atoms with Crippen molar-refractivity contribution in [2.45, 2.75) is 44.2 Å². The third-order valence-corrected chi connectivity index (χ3v) is 6.01. The lowest BCUT2D eigenvalue weighted by atomic mass is 9.76. The summed E-state index contributed by atoms with van der Waals surface area (Å²) in [6, 6.07) is 16.3. The Morgan fingerprint density at radius 1 is 0.897 bits per heavy atom. The minimum absolute atomic E-state index is 0.419. The Bertz CT molecular complexity index is 892. The van der Waals surface area contributed by atoms with Gasteiger partial charge in [-0.2, -0.15) is 13.2 Å². The lowest BCUT2D eigenvalue weighted by Gasteiger charge is -2.33. The first-order chi connectivity index (χ1) is 14.0. The Labute approximate surface area is 169 Å². The van der Waals surface area contributed by atoms with Crippen molar-refractivity contribution in [1.82, 2.24) is 5.32 Å². The van der Waals surface area contributed by atoms with E-state index in [0.29, 0.717) is 30.5 Å². The van der Waals surface area contributed by atoms with Gasteiger partial charge in [0.15, 0.2) is 0 Å². The van der Waals surface area contributed by atoms with Crippen molar-refractivity contribution in [2.75, 3.05) is 6.67 Å². The molecule has 5 heteroatoms. The van der Waals surface area contributed by atoms with Gasteiger partial charge in [0.2, 0.25) is 0 Å². The minimum atomic E-state index is -4.32. The molecule has 0 saturated heterocycles. The molecule has 1 aliphatic heterocycles. The third-order valence-electron chi connectivity index (χ3n) is 6.01. The van der Waals surface area contributed by atoms with E-state index in [1.54, 1.807) is 6.07 Å². The summed E-state index contributed by atoms with van der Waals surface area (Å²) in [5, 5.41) is 3.42. The van der Waals surface area contributed by atoms with Crippen LogP contribution in [0.5, 0.6) is 0 Å². The van der Waals surface area contributed by atoms with E-state index in [0.717, 1.165) is 37.3 Å². The topological polar surface area (TPSA) is 24.4 Å². The van der Waals surface area contributed by atoms with Crippen LogP contribution in [0.1, 0.15) is 48.3 Å². The van der Waals surface area contributed by atoms with Crippen LogP contribution in [0.4, 0.5) is 13.2 Å². The Kier molecular flexibility index (Phi) is 5.74. The van der Waals surface area contributed by atoms with Gasteiger partial charge in [0.05, 0.1) is 5.56 Å². The van der Waals surface area contributed by atoms with Gasteiger partial charge in [-0.1, -0.05) is 48.5 Å². The van der Waals surface area contributed by atoms with E-state index in [2.05, 4.69) is 34.6 Å². The molecule has 0 unspecified atom stereocenters. The van der Waals surface area contributed by atoms with Crippen LogP contribution in [0.25, 0.3) is 0 Å². The summed E-state index contributed by atoms with van der Waals surface area (Å²) < 4.78 is 39.1. The van der Waals surface area contributed by atoms with Crippen LogP contribution >= 0.6 is 0 Å². The van der Waals surface area contributed by atoms with Crippen molar-refractivity contribution in [3.63, 3.8) is 0 Å². The molecule has 0 spiro atoms. The zero-order chi connectivity index (χ0) is 20.3. The molecule has 0 bridgehead atoms. The quantitative estimate of drug-likeness (QED) is 0.660. The fraction of sp³-hybridized carbons (Fsp3) is 0.375. The molecule has 0 aromatic heterocycles. The van der Waals surface area contributed by atoms with Crippen molar-refractivity contribution in [3.8, 4) is 0 Å². The van der Waals surface area contributed by atoms with Crippen molar-refractivity contribution in [1.29, 1.82) is 0 Å². The summed E-state index contributed by atoms with van der Waals surface area (Å²) in [6.45, 7) is 0.542. The van der Waals surface area contributed by atoms with Gasteiger partial charge in [0.25, 0.3) is 0 Å². The average molecular weight is 398 g/mol. The SMILES string of the molecule is FC(F)(F)c1cccc(CC2=C(C3CCC(c4ccccc4)CC3)NCN=C2)c1. The van der Waals surface area contributed by atoms with E-state index in [-0.39, 0.29) is 0 Å². The Morgan fingerprint density at radius 3 is 2.34 bits per heavy atom. The van der Waals surface area contributed by atoms with Crippen LogP contribution < -0.4 is 5.32 Å². The molecule has 1 fully saturated rings. The molecule has 1 heterocycles. The lowest BCUT2D eigenvalue weighted by molar-refractivity contribution is -0.137. The molecule has 152 valence electrons. The second-order valence-electron chi connectivity index (χ2n) is 7.92. The van der Waals surface area contributed by atoms with E-state index in [4.69, 9.17) is 0 Å². The molecule has 1 saturated carbocycles. The van der Waals surface area contributed by atoms with Crippen LogP contribution in [0.3, 0.4) is 0 Å². The molecule has 0 amide bonds. The fourth-order valence-corrected chi connectivity index (χ4v) is 4.54. The first-order valence-electron chi connectivity index (χ1n) is 10.2. The van der Waals surface area contributed by atoms with E-state index in [1.807, 2.05) is 12.3 Å². The highest BCUT2D eigenvalue weighted by Gasteiger charge is 2.31. The van der Waals surface area contributed by atoms with Gasteiger partial charge in [-0.25, -0.2) is 0 Å². The highest BCUT2D eigenvalue weighted by Crippen LogP contribution is 2.39. The van der Waals surface area contributed by atoms with Gasteiger partial charge in [0, 0.05) is 18.3 Å². The second-order valence-corrected chi connectivity index (χ2v) is 7.92. The van der Waals surface area contributed by atoms with Crippen LogP contribution in [0, 0.1) is 5.92 Å². The Balaban J connectivity index is 1.49. The molecule has 2 aromatic rings. The Hall–Kier alpha value is -2.56. The standard InChI is InChI=1S/C24H25F3N2/c25-24(26,27)22-8-4-5-17(14-22)13-21-15-28-16-29-23(21)20-11-9-19(10-12-20)18-6-2-1-3-7-18/h1-8,14-15,19-20,29H,9-13,16H2. The summed E-state index contributed by atoms with van der Waals surface area (Å²) in [5.74, 6) is 1.01. The predicted molar refractivity (Wildman–Crippen MR) is 110 cm³/mol. The van der Waals surface area contributed by atoms with Crippen LogP contribution in [-0.4, -0.2) is 12.9 Å². The normalized spacial score (nSPS) is 22.4. The maximum Gasteiger partial charge on any atom is 0.416 e. The number of halogens is 3. The van der Waals surface area contributed by atoms with Gasteiger partial charge in [-0.05, 0) is 60.3 Å². The molecule has 2 nitrogen and oxygen atoms in total. The molecule has 0 atom stereocenters. The summed E-state index contributed by atoms with van der Waals surface area (Å²) in [5.41, 5.74) is 3.66. The molecule has 4 rings (SSSR count). The smallest absolute Gasteiger partial charge is 0.369 e. The average Bonchev–Trinajstić information content (AvgIpc) is 2.75. The van der Waals surface area contributed by atoms with E-state index in [9.17, 15) is 13.2 Å². The number of hydrogen-bond donors (Lipinski definition) is 1. The number of aliphatic imine (C=N–C) groups is 1. The number of rotatable bonds is 4. The maximum atomic E-state index is 13.0. The highest BCUT2D eigenvalue weighted by atomic mass is 19.4. The van der Waals surface area contributed by atoms with Crippen molar-refractivity contribution in [2.24, 2.45) is 10.9 Å². The maximum absolute atomic E-state index is 13.0. The van der Waals surface area contributed by atoms with Crippen LogP contribution in [-0.2, 0) is 12.6 Å². The zero-order valence-corrected chi connectivity index (χ0v) is 16.3. The number of benzene rings is 2. The molecule has 29 heavy (non-hydrogen) atoms. The first-order valence-corrected chi connectivity index (χ1v) is 10.2. The molecule has 2 aliphatic rings. The van der Waals surface area contributed by atoms with Crippen LogP contribution in [0.2, 0.25) is 0 Å². The van der Waals surface area contributed by atoms with Crippen LogP contribution in [0.15, 0.2) is 70.9 Å². The monoisotopic (exact) mass is 398 g/mol. The van der Waals surface area contributed by atoms with Crippen molar-refractivity contribution >= 4 is 6.21 Å². The number of alkyl halides is 3. The molecule has 1 aliphatic carbocycles. The highest BCUT2D eigenvalue weighted by molar-refractivity contribution is 5.81. The fourth-order valence-electron chi connectivity index (χ4n) is 4.54. The second kappa shape index (κ2) is 8.44. The van der Waals surface area contributed by atoms with Crippen molar-refractivity contribution in [3.05, 3.63) is 82.6 Å². The van der Waals surface area contributed by atoms with Gasteiger partial charge in [-0.3, -0.25) is 4.99 Å². The van der Waals surface area contributed by atoms with Gasteiger partial charge in [0.1, 0.15) is 6.67 Å². The lowest BCUT2D eigenvalue weighted by Crippen LogP contribution is -2.29. The predicted octanol–water partition coefficient (Wildman–Crippen LogP) is 6.11. The molecular formula is C24H25F3N2. The summed E-state index contributed by atoms with van der Waals surface area (Å²) in [4.78, 5) is 4.32. The van der Waals surface area contributed by atoms with E-state index < -0.39 is 11.7 Å². The van der Waals surface area contributed by atoms with E-state index in [1.165, 1.54) is 23.4 Å². The first kappa shape index (κ1) is 19.7. The third kappa shape index (κ3) is 4.72.